The standard InChI is InChI=1S/C35H43ClN4O7S/c1-2-3-4-5-6-7-8-9-10-14-21-37-48(45,46)27-19-20-28(36)29(23-27)38-34(43)32(33(42)30-18-15-22-47-30)40-31(41)25-39(35(40)44)24-26-16-12-11-13-17-26/h11-13,15-20,22-23,25,32,37,41H,2-10,14,21,24H2,1H3,(H,38,43). The van der Waals surface area contributed by atoms with E-state index in [2.05, 4.69) is 17.0 Å². The van der Waals surface area contributed by atoms with E-state index in [9.17, 15) is 27.9 Å². The molecule has 0 saturated heterocycles. The molecule has 2 heterocycles. The van der Waals surface area contributed by atoms with Crippen LogP contribution in [0.1, 0.15) is 93.3 Å². The number of ketones is 1. The number of hydrogen-bond donors (Lipinski definition) is 3. The number of Topliss-reactive ketones (excluding diaryl/α,β-unsaturated/α-hetero) is 1. The molecule has 1 unspecified atom stereocenters. The molecule has 48 heavy (non-hydrogen) atoms. The summed E-state index contributed by atoms with van der Waals surface area (Å²) in [5.41, 5.74) is -0.173. The average Bonchev–Trinajstić information content (AvgIpc) is 3.70. The molecule has 258 valence electrons. The summed E-state index contributed by atoms with van der Waals surface area (Å²) in [6.07, 6.45) is 13.6. The maximum atomic E-state index is 13.7. The first-order valence-corrected chi connectivity index (χ1v) is 18.2. The molecule has 1 atom stereocenters. The quantitative estimate of drug-likeness (QED) is 0.0515. The van der Waals surface area contributed by atoms with Crippen LogP contribution in [0.25, 0.3) is 0 Å². The molecular formula is C35H43ClN4O7S. The first kappa shape index (κ1) is 36.7. The number of rotatable bonds is 20. The van der Waals surface area contributed by atoms with Crippen molar-refractivity contribution in [2.75, 3.05) is 11.9 Å². The van der Waals surface area contributed by atoms with Gasteiger partial charge < -0.3 is 14.8 Å². The molecule has 4 aromatic rings. The highest BCUT2D eigenvalue weighted by atomic mass is 35.5. The predicted octanol–water partition coefficient (Wildman–Crippen LogP) is 6.91. The Morgan fingerprint density at radius 2 is 1.58 bits per heavy atom. The number of aromatic nitrogens is 2. The fourth-order valence-corrected chi connectivity index (χ4v) is 6.67. The van der Waals surface area contributed by atoms with Crippen molar-refractivity contribution in [3.8, 4) is 5.88 Å². The molecule has 0 saturated carbocycles. The molecule has 2 aromatic heterocycles. The first-order chi connectivity index (χ1) is 23.1. The minimum Gasteiger partial charge on any atom is -0.493 e. The molecule has 13 heteroatoms. The highest BCUT2D eigenvalue weighted by Gasteiger charge is 2.36. The molecule has 11 nitrogen and oxygen atoms in total. The summed E-state index contributed by atoms with van der Waals surface area (Å²) in [7, 11) is -3.95. The van der Waals surface area contributed by atoms with Gasteiger partial charge in [-0.05, 0) is 42.3 Å². The Hall–Kier alpha value is -4.13. The van der Waals surface area contributed by atoms with E-state index >= 15 is 0 Å². The summed E-state index contributed by atoms with van der Waals surface area (Å²) in [6, 6.07) is 13.6. The number of benzene rings is 2. The third-order valence-corrected chi connectivity index (χ3v) is 9.80. The van der Waals surface area contributed by atoms with Gasteiger partial charge in [0.25, 0.3) is 5.91 Å². The predicted molar refractivity (Wildman–Crippen MR) is 185 cm³/mol. The lowest BCUT2D eigenvalue weighted by Gasteiger charge is -2.17. The maximum Gasteiger partial charge on any atom is 0.332 e. The molecular weight excluding hydrogens is 656 g/mol. The van der Waals surface area contributed by atoms with Crippen LogP contribution in [-0.4, -0.2) is 40.9 Å². The fraction of sp³-hybridized carbons (Fsp3) is 0.400. The van der Waals surface area contributed by atoms with Crippen LogP contribution in [0.4, 0.5) is 5.69 Å². The third kappa shape index (κ3) is 9.94. The number of sulfonamides is 1. The van der Waals surface area contributed by atoms with E-state index in [1.54, 1.807) is 24.3 Å². The molecule has 4 rings (SSSR count). The van der Waals surface area contributed by atoms with Gasteiger partial charge in [0.2, 0.25) is 21.7 Å². The van der Waals surface area contributed by atoms with Crippen LogP contribution >= 0.6 is 11.6 Å². The number of unbranched alkanes of at least 4 members (excludes halogenated alkanes) is 9. The van der Waals surface area contributed by atoms with Crippen LogP contribution in [0.3, 0.4) is 0 Å². The Labute approximate surface area is 286 Å². The maximum absolute atomic E-state index is 13.7. The molecule has 0 spiro atoms. The van der Waals surface area contributed by atoms with E-state index in [0.717, 1.165) is 31.0 Å². The molecule has 0 radical (unpaired) electrons. The number of imidazole rings is 1. The number of halogens is 1. The van der Waals surface area contributed by atoms with Gasteiger partial charge in [0.05, 0.1) is 34.6 Å². The second kappa shape index (κ2) is 17.9. The zero-order valence-corrected chi connectivity index (χ0v) is 28.6. The fourth-order valence-electron chi connectivity index (χ4n) is 5.41. The first-order valence-electron chi connectivity index (χ1n) is 16.3. The Kier molecular flexibility index (Phi) is 13.7. The van der Waals surface area contributed by atoms with E-state index in [-0.39, 0.29) is 34.5 Å². The van der Waals surface area contributed by atoms with Gasteiger partial charge in [-0.25, -0.2) is 22.5 Å². The van der Waals surface area contributed by atoms with Gasteiger partial charge >= 0.3 is 5.69 Å². The van der Waals surface area contributed by atoms with Gasteiger partial charge in [0.15, 0.2) is 11.8 Å². The highest BCUT2D eigenvalue weighted by Crippen LogP contribution is 2.28. The van der Waals surface area contributed by atoms with Crippen LogP contribution in [-0.2, 0) is 21.4 Å². The number of hydrogen-bond acceptors (Lipinski definition) is 7. The van der Waals surface area contributed by atoms with Crippen LogP contribution < -0.4 is 15.7 Å². The normalized spacial score (nSPS) is 12.2. The molecule has 0 bridgehead atoms. The zero-order valence-electron chi connectivity index (χ0n) is 27.1. The average molecular weight is 699 g/mol. The van der Waals surface area contributed by atoms with Crippen LogP contribution in [0.15, 0.2) is 87.2 Å². The highest BCUT2D eigenvalue weighted by molar-refractivity contribution is 7.89. The SMILES string of the molecule is CCCCCCCCCCCCNS(=O)(=O)c1ccc(Cl)c(NC(=O)C(C(=O)c2ccco2)n2c(O)cn(Cc3ccccc3)c2=O)c1. The van der Waals surface area contributed by atoms with Gasteiger partial charge in [-0.3, -0.25) is 14.2 Å². The number of carbonyl (C=O) groups is 2. The van der Waals surface area contributed by atoms with Crippen LogP contribution in [0, 0.1) is 0 Å². The summed E-state index contributed by atoms with van der Waals surface area (Å²) in [5.74, 6) is -2.81. The smallest absolute Gasteiger partial charge is 0.332 e. The zero-order chi connectivity index (χ0) is 34.5. The number of aromatic hydroxyl groups is 1. The monoisotopic (exact) mass is 698 g/mol. The van der Waals surface area contributed by atoms with Crippen LogP contribution in [0.2, 0.25) is 5.02 Å². The second-order valence-electron chi connectivity index (χ2n) is 11.7. The Morgan fingerprint density at radius 1 is 0.917 bits per heavy atom. The second-order valence-corrected chi connectivity index (χ2v) is 13.9. The van der Waals surface area contributed by atoms with E-state index in [1.807, 2.05) is 6.07 Å². The molecule has 0 aliphatic carbocycles. The number of carbonyl (C=O) groups excluding carboxylic acids is 2. The molecule has 3 N–H and O–H groups in total. The molecule has 0 fully saturated rings. The van der Waals surface area contributed by atoms with Gasteiger partial charge in [-0.15, -0.1) is 0 Å². The summed E-state index contributed by atoms with van der Waals surface area (Å²) >= 11 is 6.34. The molecule has 0 aliphatic heterocycles. The van der Waals surface area contributed by atoms with Crippen LogP contribution in [0.5, 0.6) is 5.88 Å². The Balaban J connectivity index is 1.45. The number of nitrogens with zero attached hydrogens (tertiary/aromatic N) is 2. The lowest BCUT2D eigenvalue weighted by Crippen LogP contribution is -2.39. The minimum atomic E-state index is -3.95. The Morgan fingerprint density at radius 3 is 2.23 bits per heavy atom. The van der Waals surface area contributed by atoms with Gasteiger partial charge in [0.1, 0.15) is 0 Å². The lowest BCUT2D eigenvalue weighted by molar-refractivity contribution is -0.118. The molecule has 1 amide bonds. The summed E-state index contributed by atoms with van der Waals surface area (Å²) in [6.45, 7) is 2.53. The van der Waals surface area contributed by atoms with Crippen molar-refractivity contribution in [2.45, 2.75) is 88.6 Å². The van der Waals surface area contributed by atoms with Gasteiger partial charge in [-0.2, -0.15) is 0 Å². The van der Waals surface area contributed by atoms with Crippen molar-refractivity contribution in [1.82, 2.24) is 13.9 Å². The third-order valence-electron chi connectivity index (χ3n) is 8.01. The van der Waals surface area contributed by atoms with Gasteiger partial charge in [0, 0.05) is 6.54 Å². The number of anilines is 1. The van der Waals surface area contributed by atoms with Crippen molar-refractivity contribution < 1.29 is 27.5 Å². The Bertz CT molecular complexity index is 1800. The molecule has 2 aromatic carbocycles. The van der Waals surface area contributed by atoms with Crippen molar-refractivity contribution >= 4 is 39.0 Å². The van der Waals surface area contributed by atoms with E-state index < -0.39 is 39.3 Å². The molecule has 0 aliphatic rings. The van der Waals surface area contributed by atoms with Crippen molar-refractivity contribution in [1.29, 1.82) is 0 Å². The van der Waals surface area contributed by atoms with Crippen molar-refractivity contribution in [3.63, 3.8) is 0 Å². The number of amides is 1. The largest absolute Gasteiger partial charge is 0.493 e. The summed E-state index contributed by atoms with van der Waals surface area (Å²) in [5, 5.41) is 13.3. The van der Waals surface area contributed by atoms with E-state index in [4.69, 9.17) is 16.0 Å². The van der Waals surface area contributed by atoms with Crippen molar-refractivity contribution in [3.05, 3.63) is 100.0 Å². The number of furan rings is 1. The lowest BCUT2D eigenvalue weighted by atomic mass is 10.1. The number of nitrogens with one attached hydrogen (secondary N) is 2. The summed E-state index contributed by atoms with van der Waals surface area (Å²) < 4.78 is 35.8. The van der Waals surface area contributed by atoms with E-state index in [1.165, 1.54) is 79.7 Å². The topological polar surface area (TPSA) is 153 Å². The summed E-state index contributed by atoms with van der Waals surface area (Å²) in [4.78, 5) is 40.6. The minimum absolute atomic E-state index is 0.000548. The van der Waals surface area contributed by atoms with Gasteiger partial charge in [-0.1, -0.05) is 107 Å². The van der Waals surface area contributed by atoms with E-state index in [0.29, 0.717) is 11.0 Å². The van der Waals surface area contributed by atoms with Crippen molar-refractivity contribution in [2.24, 2.45) is 0 Å².